The average molecular weight is 462 g/mol. The van der Waals surface area contributed by atoms with Crippen LogP contribution in [0.4, 0.5) is 5.82 Å². The molecule has 0 aliphatic heterocycles. The summed E-state index contributed by atoms with van der Waals surface area (Å²) in [4.78, 5) is 36.8. The molecular weight excluding hydrogens is 442 g/mol. The number of hydrogen-bond donors (Lipinski definition) is 2. The van der Waals surface area contributed by atoms with Gasteiger partial charge in [-0.25, -0.2) is 19.7 Å². The Morgan fingerprint density at radius 3 is 2.70 bits per heavy atom. The Kier molecular flexibility index (Phi) is 6.41. The molecule has 0 bridgehead atoms. The zero-order valence-electron chi connectivity index (χ0n) is 17.7. The van der Waals surface area contributed by atoms with Crippen LogP contribution < -0.4 is 5.32 Å². The van der Waals surface area contributed by atoms with Crippen molar-refractivity contribution in [2.45, 2.75) is 29.8 Å². The summed E-state index contributed by atoms with van der Waals surface area (Å²) >= 11 is 1.23. The van der Waals surface area contributed by atoms with Crippen molar-refractivity contribution in [1.82, 2.24) is 29.7 Å². The number of anilines is 1. The van der Waals surface area contributed by atoms with E-state index >= 15 is 0 Å². The van der Waals surface area contributed by atoms with Gasteiger partial charge in [0.1, 0.15) is 22.9 Å². The summed E-state index contributed by atoms with van der Waals surface area (Å²) in [5, 5.41) is 20.4. The molecule has 0 spiro atoms. The smallest absolute Gasteiger partial charge is 0.373 e. The second-order valence-electron chi connectivity index (χ2n) is 7.17. The monoisotopic (exact) mass is 461 g/mol. The van der Waals surface area contributed by atoms with Gasteiger partial charge >= 0.3 is 5.97 Å². The molecule has 0 fully saturated rings. The zero-order chi connectivity index (χ0) is 23.4. The Bertz CT molecular complexity index is 1320. The van der Waals surface area contributed by atoms with Crippen LogP contribution in [-0.4, -0.2) is 46.7 Å². The van der Waals surface area contributed by atoms with Crippen molar-refractivity contribution in [3.05, 3.63) is 72.4 Å². The van der Waals surface area contributed by atoms with E-state index in [0.29, 0.717) is 27.9 Å². The van der Waals surface area contributed by atoms with E-state index in [-0.39, 0.29) is 17.8 Å². The van der Waals surface area contributed by atoms with Gasteiger partial charge in [0.15, 0.2) is 5.82 Å². The van der Waals surface area contributed by atoms with Gasteiger partial charge in [-0.05, 0) is 50.2 Å². The van der Waals surface area contributed by atoms with E-state index in [9.17, 15) is 9.59 Å². The molecule has 4 rings (SSSR count). The largest absolute Gasteiger partial charge is 0.475 e. The lowest BCUT2D eigenvalue weighted by molar-refractivity contribution is 0.0682. The fraction of sp³-hybridized carbons (Fsp3) is 0.136. The summed E-state index contributed by atoms with van der Waals surface area (Å²) in [5.41, 5.74) is 1.02. The first kappa shape index (κ1) is 22.1. The molecule has 1 amide bonds. The lowest BCUT2D eigenvalue weighted by atomic mass is 10.2. The number of aromatic nitrogens is 6. The van der Waals surface area contributed by atoms with Gasteiger partial charge < -0.3 is 15.0 Å². The number of pyridine rings is 1. The second-order valence-corrected chi connectivity index (χ2v) is 8.27. The van der Waals surface area contributed by atoms with Gasteiger partial charge in [0.05, 0.1) is 0 Å². The highest BCUT2D eigenvalue weighted by Crippen LogP contribution is 2.27. The standard InChI is InChI=1S/C22H19N7O3S/c1-13(2)29-12-24-28-20(29)16-7-4-8-17(25-16)26-21(30)14-5-3-6-15(11-14)33-18-9-10-23-19(27-18)22(31)32/h3-13H,1-2H3,(H,31,32)(H,25,26,30). The summed E-state index contributed by atoms with van der Waals surface area (Å²) < 4.78 is 1.90. The highest BCUT2D eigenvalue weighted by Gasteiger charge is 2.14. The highest BCUT2D eigenvalue weighted by molar-refractivity contribution is 7.99. The number of carbonyl (C=O) groups excluding carboxylic acids is 1. The molecule has 4 aromatic rings. The maximum atomic E-state index is 12.8. The highest BCUT2D eigenvalue weighted by atomic mass is 32.2. The summed E-state index contributed by atoms with van der Waals surface area (Å²) in [5.74, 6) is -0.817. The van der Waals surface area contributed by atoms with Gasteiger partial charge in [-0.3, -0.25) is 4.79 Å². The molecule has 3 heterocycles. The number of nitrogens with one attached hydrogen (secondary N) is 1. The number of carbonyl (C=O) groups is 2. The van der Waals surface area contributed by atoms with Crippen LogP contribution in [0.2, 0.25) is 0 Å². The van der Waals surface area contributed by atoms with E-state index in [1.807, 2.05) is 30.5 Å². The minimum atomic E-state index is -1.20. The summed E-state index contributed by atoms with van der Waals surface area (Å²) in [6, 6.07) is 14.0. The van der Waals surface area contributed by atoms with E-state index in [0.717, 1.165) is 4.90 Å². The van der Waals surface area contributed by atoms with Crippen LogP contribution in [0.15, 0.2) is 71.0 Å². The first-order valence-corrected chi connectivity index (χ1v) is 10.7. The molecule has 0 saturated heterocycles. The van der Waals surface area contributed by atoms with Gasteiger partial charge in [0.2, 0.25) is 5.82 Å². The van der Waals surface area contributed by atoms with E-state index in [4.69, 9.17) is 5.11 Å². The number of benzene rings is 1. The minimum absolute atomic E-state index is 0.164. The molecule has 0 unspecified atom stereocenters. The van der Waals surface area contributed by atoms with E-state index in [2.05, 4.69) is 30.5 Å². The lowest BCUT2D eigenvalue weighted by Gasteiger charge is -2.11. The first-order chi connectivity index (χ1) is 15.9. The quantitative estimate of drug-likeness (QED) is 0.394. The predicted molar refractivity (Wildman–Crippen MR) is 121 cm³/mol. The van der Waals surface area contributed by atoms with Gasteiger partial charge in [-0.1, -0.05) is 23.9 Å². The number of aromatic carboxylic acids is 1. The third-order valence-corrected chi connectivity index (χ3v) is 5.42. The van der Waals surface area contributed by atoms with Gasteiger partial charge in [-0.15, -0.1) is 10.2 Å². The topological polar surface area (TPSA) is 136 Å². The molecule has 33 heavy (non-hydrogen) atoms. The van der Waals surface area contributed by atoms with Crippen molar-refractivity contribution >= 4 is 29.5 Å². The van der Waals surface area contributed by atoms with Crippen LogP contribution in [0.3, 0.4) is 0 Å². The molecule has 3 aromatic heterocycles. The molecule has 11 heteroatoms. The number of amides is 1. The Hall–Kier alpha value is -4.12. The summed E-state index contributed by atoms with van der Waals surface area (Å²) in [7, 11) is 0. The Balaban J connectivity index is 1.51. The Morgan fingerprint density at radius 1 is 1.09 bits per heavy atom. The van der Waals surface area contributed by atoms with Gasteiger partial charge in [0, 0.05) is 22.7 Å². The molecule has 0 aliphatic carbocycles. The number of hydrogen-bond acceptors (Lipinski definition) is 8. The summed E-state index contributed by atoms with van der Waals surface area (Å²) in [6.07, 6.45) is 3.03. The molecule has 0 radical (unpaired) electrons. The first-order valence-electron chi connectivity index (χ1n) is 9.93. The number of carboxylic acids is 1. The van der Waals surface area contributed by atoms with Crippen molar-refractivity contribution in [3.8, 4) is 11.5 Å². The second kappa shape index (κ2) is 9.57. The Labute approximate surface area is 193 Å². The van der Waals surface area contributed by atoms with Crippen LogP contribution in [0, 0.1) is 0 Å². The van der Waals surface area contributed by atoms with Crippen LogP contribution in [0.1, 0.15) is 40.9 Å². The molecule has 1 aromatic carbocycles. The Morgan fingerprint density at radius 2 is 1.91 bits per heavy atom. The van der Waals surface area contributed by atoms with Crippen molar-refractivity contribution in [1.29, 1.82) is 0 Å². The van der Waals surface area contributed by atoms with Crippen molar-refractivity contribution in [2.75, 3.05) is 5.32 Å². The molecular formula is C22H19N7O3S. The fourth-order valence-electron chi connectivity index (χ4n) is 2.94. The molecule has 0 saturated carbocycles. The van der Waals surface area contributed by atoms with Crippen LogP contribution in [0.5, 0.6) is 0 Å². The van der Waals surface area contributed by atoms with E-state index in [1.54, 1.807) is 42.7 Å². The van der Waals surface area contributed by atoms with E-state index in [1.165, 1.54) is 18.0 Å². The third kappa shape index (κ3) is 5.21. The SMILES string of the molecule is CC(C)n1cnnc1-c1cccc(NC(=O)c2cccc(Sc3ccnc(C(=O)O)n3)c2)n1. The van der Waals surface area contributed by atoms with Crippen molar-refractivity contribution in [2.24, 2.45) is 0 Å². The van der Waals surface area contributed by atoms with Gasteiger partial charge in [0.25, 0.3) is 5.91 Å². The van der Waals surface area contributed by atoms with Crippen molar-refractivity contribution < 1.29 is 14.7 Å². The number of carboxylic acid groups (broad SMARTS) is 1. The molecule has 0 aliphatic rings. The molecule has 0 atom stereocenters. The summed E-state index contributed by atoms with van der Waals surface area (Å²) in [6.45, 7) is 4.04. The average Bonchev–Trinajstić information content (AvgIpc) is 3.30. The van der Waals surface area contributed by atoms with Crippen LogP contribution >= 0.6 is 11.8 Å². The molecule has 10 nitrogen and oxygen atoms in total. The zero-order valence-corrected chi connectivity index (χ0v) is 18.5. The number of rotatable bonds is 7. The van der Waals surface area contributed by atoms with Crippen molar-refractivity contribution in [3.63, 3.8) is 0 Å². The maximum absolute atomic E-state index is 12.8. The lowest BCUT2D eigenvalue weighted by Crippen LogP contribution is -2.13. The minimum Gasteiger partial charge on any atom is -0.475 e. The molecule has 2 N–H and O–H groups in total. The van der Waals surface area contributed by atoms with Crippen LogP contribution in [-0.2, 0) is 0 Å². The maximum Gasteiger partial charge on any atom is 0.373 e. The third-order valence-electron chi connectivity index (χ3n) is 4.49. The number of nitrogens with zero attached hydrogens (tertiary/aromatic N) is 6. The van der Waals surface area contributed by atoms with Crippen LogP contribution in [0.25, 0.3) is 11.5 Å². The predicted octanol–water partition coefficient (Wildman–Crippen LogP) is 3.81. The molecule has 166 valence electrons. The fourth-order valence-corrected chi connectivity index (χ4v) is 3.78. The van der Waals surface area contributed by atoms with Gasteiger partial charge in [-0.2, -0.15) is 0 Å². The normalized spacial score (nSPS) is 10.9. The van der Waals surface area contributed by atoms with E-state index < -0.39 is 5.97 Å².